The fourth-order valence-electron chi connectivity index (χ4n) is 6.89. The van der Waals surface area contributed by atoms with Crippen molar-refractivity contribution in [3.05, 3.63) is 65.9 Å². The average Bonchev–Trinajstić information content (AvgIpc) is 3.63. The van der Waals surface area contributed by atoms with Gasteiger partial charge in [-0.2, -0.15) is 9.65 Å². The molecule has 0 radical (unpaired) electrons. The van der Waals surface area contributed by atoms with E-state index in [1.807, 2.05) is 0 Å². The van der Waals surface area contributed by atoms with Crippen LogP contribution in [0, 0.1) is 17.3 Å². The summed E-state index contributed by atoms with van der Waals surface area (Å²) in [5.41, 5.74) is 0.253. The quantitative estimate of drug-likeness (QED) is 0.0420. The number of carboxylic acids is 3. The number of halogens is 3. The minimum absolute atomic E-state index is 0.0137. The number of unbranched alkanes of at least 4 members (excludes halogenated alkanes) is 1. The van der Waals surface area contributed by atoms with Crippen LogP contribution in [0.15, 0.2) is 48.8 Å². The van der Waals surface area contributed by atoms with Gasteiger partial charge in [0, 0.05) is 56.4 Å². The lowest BCUT2D eigenvalue weighted by Crippen LogP contribution is -2.56. The van der Waals surface area contributed by atoms with Crippen molar-refractivity contribution in [2.45, 2.75) is 94.3 Å². The van der Waals surface area contributed by atoms with E-state index < -0.39 is 153 Å². The Hall–Kier alpha value is -8.24. The number of carbonyl (C=O) groups is 10. The Balaban J connectivity index is 1.33. The molecule has 9 N–H and O–H groups in total. The van der Waals surface area contributed by atoms with Gasteiger partial charge in [-0.15, -0.1) is 0 Å². The van der Waals surface area contributed by atoms with Crippen molar-refractivity contribution in [1.29, 1.82) is 5.26 Å². The summed E-state index contributed by atoms with van der Waals surface area (Å²) >= 11 is 0. The molecule has 69 heavy (non-hydrogen) atoms. The molecule has 3 aromatic rings. The third kappa shape index (κ3) is 16.5. The number of nitrogens with one attached hydrogen (secondary N) is 6. The van der Waals surface area contributed by atoms with Crippen LogP contribution in [0.4, 0.5) is 18.9 Å². The summed E-state index contributed by atoms with van der Waals surface area (Å²) < 4.78 is 40.7. The largest absolute Gasteiger partial charge is 0.481 e. The van der Waals surface area contributed by atoms with Crippen molar-refractivity contribution in [3.63, 3.8) is 0 Å². The number of aromatic nitrogens is 2. The Morgan fingerprint density at radius 1 is 0.768 bits per heavy atom. The zero-order valence-corrected chi connectivity index (χ0v) is 36.5. The SMILES string of the molecule is N#C[C@@H]1CC(F)(F)CN1C(=O)CNC(=O)c1ccnc2c(NC(=O)CCC(=O)N[C@H](CCC(=O)O)C(=O)N[C@H](CCC(=O)O)C(=O)N[C@@H](CCCCNC(=O)c3ccc(F)nc3)C(=O)O)cccc12. The first-order valence-electron chi connectivity index (χ1n) is 21.2. The van der Waals surface area contributed by atoms with E-state index in [1.54, 1.807) is 6.07 Å². The van der Waals surface area contributed by atoms with E-state index in [-0.39, 0.29) is 53.5 Å². The minimum Gasteiger partial charge on any atom is -0.481 e. The summed E-state index contributed by atoms with van der Waals surface area (Å²) in [7, 11) is 0. The first-order chi connectivity index (χ1) is 32.7. The molecule has 7 amide bonds. The van der Waals surface area contributed by atoms with Gasteiger partial charge in [-0.05, 0) is 56.4 Å². The maximum Gasteiger partial charge on any atom is 0.326 e. The highest BCUT2D eigenvalue weighted by Gasteiger charge is 2.47. The summed E-state index contributed by atoms with van der Waals surface area (Å²) in [5, 5.41) is 52.0. The summed E-state index contributed by atoms with van der Waals surface area (Å²) in [6.45, 7) is -1.60. The highest BCUT2D eigenvalue weighted by molar-refractivity contribution is 6.11. The molecular weight excluding hydrogens is 922 g/mol. The molecule has 3 heterocycles. The Labute approximate surface area is 389 Å². The number of aliphatic carboxylic acids is 3. The average molecular weight is 969 g/mol. The van der Waals surface area contributed by atoms with E-state index in [2.05, 4.69) is 41.9 Å². The lowest BCUT2D eigenvalue weighted by Gasteiger charge is -2.24. The number of carbonyl (C=O) groups excluding carboxylic acids is 7. The fraction of sp³-hybridized carbons (Fsp3) is 0.419. The lowest BCUT2D eigenvalue weighted by atomic mass is 10.1. The molecule has 1 saturated heterocycles. The summed E-state index contributed by atoms with van der Waals surface area (Å²) in [6.07, 6.45) is -1.89. The number of alkyl halides is 2. The lowest BCUT2D eigenvalue weighted by molar-refractivity contribution is -0.143. The first kappa shape index (κ1) is 53.4. The molecule has 0 bridgehead atoms. The van der Waals surface area contributed by atoms with Crippen LogP contribution < -0.4 is 31.9 Å². The van der Waals surface area contributed by atoms with E-state index in [4.69, 9.17) is 0 Å². The monoisotopic (exact) mass is 968 g/mol. The maximum absolute atomic E-state index is 13.8. The normalized spacial score (nSPS) is 15.0. The van der Waals surface area contributed by atoms with Gasteiger partial charge in [0.2, 0.25) is 35.5 Å². The van der Waals surface area contributed by atoms with Crippen molar-refractivity contribution in [1.82, 2.24) is 41.5 Å². The van der Waals surface area contributed by atoms with Crippen LogP contribution >= 0.6 is 0 Å². The van der Waals surface area contributed by atoms with Gasteiger partial charge in [-0.1, -0.05) is 12.1 Å². The van der Waals surface area contributed by atoms with E-state index in [1.165, 1.54) is 36.5 Å². The number of pyridine rings is 2. The standard InChI is InChI=1S/C43H47F3N10O13/c44-31-10-7-23(20-50-31)38(64)49-16-2-1-5-30(42(68)69)55-41(67)29(9-14-36(62)63)54-40(66)28(8-13-35(60)61)53-33(58)12-11-32(57)52-27-6-3-4-25-26(15-17-48-37(25)27)39(65)51-21-34(59)56-22-43(45,46)18-24(56)19-47/h3-4,6-7,10,15,17,20,24,28-30H,1-2,5,8-9,11-14,16,18,21-22H2,(H,49,64)(H,51,65)(H,52,57)(H,53,58)(H,54,66)(H,55,67)(H,60,61)(H,62,63)(H,68,69)/t24-,28+,29+,30-/m0/s1. The number of carboxylic acid groups (broad SMARTS) is 3. The van der Waals surface area contributed by atoms with Crippen LogP contribution in [0.2, 0.25) is 0 Å². The molecule has 1 aliphatic heterocycles. The number of anilines is 1. The van der Waals surface area contributed by atoms with E-state index in [0.29, 0.717) is 4.90 Å². The van der Waals surface area contributed by atoms with Crippen LogP contribution in [0.5, 0.6) is 0 Å². The van der Waals surface area contributed by atoms with E-state index in [9.17, 15) is 81.7 Å². The molecule has 0 aliphatic carbocycles. The number of hydrogen-bond donors (Lipinski definition) is 9. The molecule has 1 fully saturated rings. The van der Waals surface area contributed by atoms with E-state index >= 15 is 0 Å². The van der Waals surface area contributed by atoms with Crippen LogP contribution in [-0.4, -0.2) is 139 Å². The first-order valence-corrected chi connectivity index (χ1v) is 21.2. The highest BCUT2D eigenvalue weighted by atomic mass is 19.3. The number of amides is 7. The predicted octanol–water partition coefficient (Wildman–Crippen LogP) is 0.846. The molecule has 2 aromatic heterocycles. The Morgan fingerprint density at radius 3 is 2.04 bits per heavy atom. The second-order valence-electron chi connectivity index (χ2n) is 15.6. The van der Waals surface area contributed by atoms with Crippen molar-refractivity contribution < 1.29 is 76.4 Å². The number of fused-ring (bicyclic) bond motifs is 1. The third-order valence-electron chi connectivity index (χ3n) is 10.4. The number of nitriles is 1. The van der Waals surface area contributed by atoms with Gasteiger partial charge in [0.1, 0.15) is 24.2 Å². The molecule has 23 nitrogen and oxygen atoms in total. The van der Waals surface area contributed by atoms with Gasteiger partial charge in [0.05, 0.1) is 41.5 Å². The number of benzene rings is 1. The van der Waals surface area contributed by atoms with Gasteiger partial charge in [0.15, 0.2) is 0 Å². The fourth-order valence-corrected chi connectivity index (χ4v) is 6.89. The summed E-state index contributed by atoms with van der Waals surface area (Å²) in [5.74, 6) is -14.5. The van der Waals surface area contributed by atoms with Crippen LogP contribution in [0.25, 0.3) is 10.9 Å². The third-order valence-corrected chi connectivity index (χ3v) is 10.4. The second kappa shape index (κ2) is 25.0. The van der Waals surface area contributed by atoms with Crippen LogP contribution in [-0.2, 0) is 38.4 Å². The smallest absolute Gasteiger partial charge is 0.326 e. The topological polar surface area (TPSA) is 356 Å². The summed E-state index contributed by atoms with van der Waals surface area (Å²) in [6, 6.07) is 3.29. The van der Waals surface area contributed by atoms with Crippen molar-refractivity contribution in [3.8, 4) is 6.07 Å². The van der Waals surface area contributed by atoms with Gasteiger partial charge in [-0.25, -0.2) is 18.6 Å². The number of hydrogen-bond acceptors (Lipinski definition) is 13. The van der Waals surface area contributed by atoms with Gasteiger partial charge < -0.3 is 52.1 Å². The van der Waals surface area contributed by atoms with Gasteiger partial charge in [0.25, 0.3) is 17.7 Å². The summed E-state index contributed by atoms with van der Waals surface area (Å²) in [4.78, 5) is 134. The number of likely N-dealkylation sites (tertiary alicyclic amines) is 1. The molecule has 4 rings (SSSR count). The minimum atomic E-state index is -3.26. The number of para-hydroxylation sites is 1. The van der Waals surface area contributed by atoms with Crippen LogP contribution in [0.1, 0.15) is 84.9 Å². The van der Waals surface area contributed by atoms with Crippen molar-refractivity contribution in [2.75, 3.05) is 25.0 Å². The van der Waals surface area contributed by atoms with Crippen molar-refractivity contribution in [2.24, 2.45) is 0 Å². The maximum atomic E-state index is 13.8. The zero-order valence-electron chi connectivity index (χ0n) is 36.5. The Morgan fingerprint density at radius 2 is 1.42 bits per heavy atom. The molecule has 1 aromatic carbocycles. The molecule has 0 spiro atoms. The second-order valence-corrected chi connectivity index (χ2v) is 15.6. The molecule has 0 saturated carbocycles. The molecule has 0 unspecified atom stereocenters. The van der Waals surface area contributed by atoms with E-state index in [0.717, 1.165) is 12.3 Å². The van der Waals surface area contributed by atoms with Gasteiger partial charge >= 0.3 is 17.9 Å². The zero-order chi connectivity index (χ0) is 50.8. The Bertz CT molecular complexity index is 2490. The van der Waals surface area contributed by atoms with Crippen molar-refractivity contribution >= 4 is 75.8 Å². The number of rotatable bonds is 25. The molecule has 26 heteroatoms. The highest BCUT2D eigenvalue weighted by Crippen LogP contribution is 2.31. The Kier molecular flexibility index (Phi) is 19.4. The predicted molar refractivity (Wildman–Crippen MR) is 230 cm³/mol. The molecular formula is C43H47F3N10O13. The molecule has 368 valence electrons. The van der Waals surface area contributed by atoms with Gasteiger partial charge in [-0.3, -0.25) is 48.1 Å². The number of nitrogens with zero attached hydrogens (tertiary/aromatic N) is 4. The molecule has 1 aliphatic rings. The molecule has 4 atom stereocenters. The van der Waals surface area contributed by atoms with Crippen LogP contribution in [0.3, 0.4) is 0 Å².